The molecule has 1 aliphatic rings. The number of benzene rings is 2. The molecule has 0 radical (unpaired) electrons. The molecule has 1 heterocycles. The molecule has 0 saturated carbocycles. The van der Waals surface area contributed by atoms with Gasteiger partial charge in [-0.15, -0.1) is 0 Å². The van der Waals surface area contributed by atoms with E-state index in [0.29, 0.717) is 17.9 Å². The fraction of sp³-hybridized carbons (Fsp3) is 0.333. The Labute approximate surface area is 192 Å². The lowest BCUT2D eigenvalue weighted by Crippen LogP contribution is -2.39. The Morgan fingerprint density at radius 3 is 2.58 bits per heavy atom. The van der Waals surface area contributed by atoms with Crippen molar-refractivity contribution in [2.45, 2.75) is 31.9 Å². The second-order valence-electron chi connectivity index (χ2n) is 7.60. The van der Waals surface area contributed by atoms with Crippen molar-refractivity contribution in [3.05, 3.63) is 65.7 Å². The second kappa shape index (κ2) is 12.4. The average molecular weight is 453 g/mol. The van der Waals surface area contributed by atoms with Gasteiger partial charge >= 0.3 is 11.8 Å². The van der Waals surface area contributed by atoms with Crippen LogP contribution in [-0.2, 0) is 19.1 Å². The second-order valence-corrected chi connectivity index (χ2v) is 7.60. The summed E-state index contributed by atoms with van der Waals surface area (Å²) in [5.41, 5.74) is 3.78. The lowest BCUT2D eigenvalue weighted by atomic mass is 10.1. The van der Waals surface area contributed by atoms with Crippen molar-refractivity contribution < 1.29 is 23.9 Å². The van der Waals surface area contributed by atoms with Crippen molar-refractivity contribution in [1.82, 2.24) is 16.1 Å². The van der Waals surface area contributed by atoms with Crippen LogP contribution in [0.15, 0.2) is 59.7 Å². The first-order valence-electron chi connectivity index (χ1n) is 10.8. The highest BCUT2D eigenvalue weighted by Gasteiger charge is 2.17. The quantitative estimate of drug-likeness (QED) is 0.304. The number of carbonyl (C=O) groups is 3. The molecule has 1 aliphatic heterocycles. The largest absolute Gasteiger partial charge is 0.484 e. The third-order valence-corrected chi connectivity index (χ3v) is 5.03. The fourth-order valence-corrected chi connectivity index (χ4v) is 3.19. The topological polar surface area (TPSA) is 118 Å². The predicted octanol–water partition coefficient (Wildman–Crippen LogP) is 1.69. The van der Waals surface area contributed by atoms with Gasteiger partial charge in [-0.1, -0.05) is 30.3 Å². The zero-order valence-corrected chi connectivity index (χ0v) is 18.5. The van der Waals surface area contributed by atoms with E-state index in [-0.39, 0.29) is 24.7 Å². The van der Waals surface area contributed by atoms with Gasteiger partial charge in [0.1, 0.15) is 5.75 Å². The highest BCUT2D eigenvalue weighted by Crippen LogP contribution is 2.12. The molecule has 0 aromatic heterocycles. The predicted molar refractivity (Wildman–Crippen MR) is 123 cm³/mol. The first-order valence-corrected chi connectivity index (χ1v) is 10.8. The van der Waals surface area contributed by atoms with Crippen molar-refractivity contribution in [3.63, 3.8) is 0 Å². The minimum atomic E-state index is -0.858. The van der Waals surface area contributed by atoms with Gasteiger partial charge in [-0.05, 0) is 55.2 Å². The van der Waals surface area contributed by atoms with Gasteiger partial charge in [-0.25, -0.2) is 5.43 Å². The summed E-state index contributed by atoms with van der Waals surface area (Å²) in [6.07, 6.45) is 3.48. The molecule has 174 valence electrons. The molecule has 0 spiro atoms. The Bertz CT molecular complexity index is 957. The third kappa shape index (κ3) is 8.04. The van der Waals surface area contributed by atoms with Crippen molar-refractivity contribution >= 4 is 23.9 Å². The highest BCUT2D eigenvalue weighted by atomic mass is 16.5. The van der Waals surface area contributed by atoms with Gasteiger partial charge in [0.25, 0.3) is 5.91 Å². The summed E-state index contributed by atoms with van der Waals surface area (Å²) in [7, 11) is 0. The zero-order valence-electron chi connectivity index (χ0n) is 18.5. The maximum atomic E-state index is 12.0. The van der Waals surface area contributed by atoms with Gasteiger partial charge in [-0.3, -0.25) is 14.4 Å². The molecule has 9 heteroatoms. The van der Waals surface area contributed by atoms with Gasteiger partial charge in [0.2, 0.25) is 0 Å². The molecule has 2 aromatic rings. The molecule has 2 atom stereocenters. The van der Waals surface area contributed by atoms with Crippen LogP contribution in [0, 0.1) is 0 Å². The van der Waals surface area contributed by atoms with Crippen LogP contribution in [0.25, 0.3) is 0 Å². The lowest BCUT2D eigenvalue weighted by Gasteiger charge is -2.13. The van der Waals surface area contributed by atoms with Crippen molar-refractivity contribution in [1.29, 1.82) is 0 Å². The Hall–Kier alpha value is -3.72. The van der Waals surface area contributed by atoms with E-state index in [9.17, 15) is 14.4 Å². The van der Waals surface area contributed by atoms with Crippen LogP contribution in [0.3, 0.4) is 0 Å². The first kappa shape index (κ1) is 23.9. The normalized spacial score (nSPS) is 16.2. The summed E-state index contributed by atoms with van der Waals surface area (Å²) in [5, 5.41) is 9.22. The molecule has 1 saturated heterocycles. The Balaban J connectivity index is 1.37. The van der Waals surface area contributed by atoms with Crippen molar-refractivity contribution in [3.8, 4) is 5.75 Å². The average Bonchev–Trinajstić information content (AvgIpc) is 3.36. The van der Waals surface area contributed by atoms with E-state index >= 15 is 0 Å². The summed E-state index contributed by atoms with van der Waals surface area (Å²) in [5.74, 6) is -1.32. The number of carbonyl (C=O) groups excluding carboxylic acids is 3. The molecule has 0 bridgehead atoms. The van der Waals surface area contributed by atoms with Crippen LogP contribution in [0.4, 0.5) is 0 Å². The number of hydrogen-bond donors (Lipinski definition) is 3. The minimum absolute atomic E-state index is 0.0892. The van der Waals surface area contributed by atoms with E-state index in [1.54, 1.807) is 31.2 Å². The van der Waals surface area contributed by atoms with Gasteiger partial charge in [-0.2, -0.15) is 5.10 Å². The zero-order chi connectivity index (χ0) is 23.5. The Morgan fingerprint density at radius 1 is 1.12 bits per heavy atom. The number of amides is 3. The summed E-state index contributed by atoms with van der Waals surface area (Å²) in [6.45, 7) is 2.94. The molecule has 0 unspecified atom stereocenters. The number of nitrogens with zero attached hydrogens (tertiary/aromatic N) is 1. The molecule has 33 heavy (non-hydrogen) atoms. The molecule has 1 fully saturated rings. The summed E-state index contributed by atoms with van der Waals surface area (Å²) >= 11 is 0. The molecular formula is C24H28N4O5. The molecule has 2 aromatic carbocycles. The number of rotatable bonds is 9. The molecule has 9 nitrogen and oxygen atoms in total. The van der Waals surface area contributed by atoms with Crippen LogP contribution in [0.1, 0.15) is 36.9 Å². The standard InChI is InChI=1S/C24H28N4O5/c1-17(19-6-3-2-4-7-19)27-23(30)24(31)28-26-14-18-9-11-20(12-10-18)33-16-22(29)25-15-21-8-5-13-32-21/h2-4,6-7,9-12,14,17,21H,5,8,13,15-16H2,1H3,(H,25,29)(H,27,30)(H,28,31)/b26-14-/t17-,21-/m1/s1. The maximum Gasteiger partial charge on any atom is 0.329 e. The van der Waals surface area contributed by atoms with Crippen LogP contribution in [-0.4, -0.2) is 49.8 Å². The SMILES string of the molecule is C[C@@H](NC(=O)C(=O)N/N=C\c1ccc(OCC(=O)NC[C@H]2CCCO2)cc1)c1ccccc1. The Morgan fingerprint density at radius 2 is 1.88 bits per heavy atom. The number of hydrazone groups is 1. The van der Waals surface area contributed by atoms with Crippen LogP contribution < -0.4 is 20.8 Å². The Kier molecular flexibility index (Phi) is 8.96. The van der Waals surface area contributed by atoms with E-state index in [2.05, 4.69) is 21.2 Å². The van der Waals surface area contributed by atoms with Crippen molar-refractivity contribution in [2.75, 3.05) is 19.8 Å². The molecule has 3 rings (SSSR count). The van der Waals surface area contributed by atoms with Crippen LogP contribution in [0.5, 0.6) is 5.75 Å². The number of ether oxygens (including phenoxy) is 2. The molecule has 0 aliphatic carbocycles. The van der Waals surface area contributed by atoms with Gasteiger partial charge < -0.3 is 20.1 Å². The van der Waals surface area contributed by atoms with E-state index < -0.39 is 11.8 Å². The summed E-state index contributed by atoms with van der Waals surface area (Å²) in [6, 6.07) is 15.8. The maximum absolute atomic E-state index is 12.0. The smallest absolute Gasteiger partial charge is 0.329 e. The van der Waals surface area contributed by atoms with E-state index in [0.717, 1.165) is 25.0 Å². The fourth-order valence-electron chi connectivity index (χ4n) is 3.19. The van der Waals surface area contributed by atoms with Gasteiger partial charge in [0.15, 0.2) is 6.61 Å². The van der Waals surface area contributed by atoms with Crippen molar-refractivity contribution in [2.24, 2.45) is 5.10 Å². The van der Waals surface area contributed by atoms with Gasteiger partial charge in [0, 0.05) is 13.2 Å². The number of hydrogen-bond acceptors (Lipinski definition) is 6. The van der Waals surface area contributed by atoms with E-state index in [1.807, 2.05) is 30.3 Å². The number of nitrogens with one attached hydrogen (secondary N) is 3. The summed E-state index contributed by atoms with van der Waals surface area (Å²) in [4.78, 5) is 35.8. The highest BCUT2D eigenvalue weighted by molar-refractivity contribution is 6.35. The van der Waals surface area contributed by atoms with E-state index in [1.165, 1.54) is 6.21 Å². The monoisotopic (exact) mass is 452 g/mol. The molecule has 3 amide bonds. The summed E-state index contributed by atoms with van der Waals surface area (Å²) < 4.78 is 10.9. The van der Waals surface area contributed by atoms with Gasteiger partial charge in [0.05, 0.1) is 18.4 Å². The molecular weight excluding hydrogens is 424 g/mol. The van der Waals surface area contributed by atoms with Crippen LogP contribution >= 0.6 is 0 Å². The van der Waals surface area contributed by atoms with Crippen LogP contribution in [0.2, 0.25) is 0 Å². The lowest BCUT2D eigenvalue weighted by molar-refractivity contribution is -0.139. The third-order valence-electron chi connectivity index (χ3n) is 5.03. The molecule has 3 N–H and O–H groups in total. The van der Waals surface area contributed by atoms with E-state index in [4.69, 9.17) is 9.47 Å². The first-order chi connectivity index (χ1) is 16.0. The minimum Gasteiger partial charge on any atom is -0.484 e.